The van der Waals surface area contributed by atoms with E-state index in [1.807, 2.05) is 6.08 Å². The number of amides is 5. The van der Waals surface area contributed by atoms with E-state index in [-0.39, 0.29) is 49.7 Å². The predicted molar refractivity (Wildman–Crippen MR) is 197 cm³/mol. The van der Waals surface area contributed by atoms with Crippen LogP contribution in [0.2, 0.25) is 0 Å². The second-order valence-electron chi connectivity index (χ2n) is 15.5. The van der Waals surface area contributed by atoms with Crippen LogP contribution in [0.4, 0.5) is 14.0 Å². The van der Waals surface area contributed by atoms with Gasteiger partial charge in [0.1, 0.15) is 40.0 Å². The zero-order chi connectivity index (χ0) is 40.4. The minimum Gasteiger partial charge on any atom is -0.481 e. The summed E-state index contributed by atoms with van der Waals surface area (Å²) in [5, 5.41) is 5.41. The number of allylic oxidation sites excluding steroid dienone is 1. The molecule has 0 bridgehead atoms. The van der Waals surface area contributed by atoms with Gasteiger partial charge in [0.05, 0.1) is 26.4 Å². The third-order valence-electron chi connectivity index (χ3n) is 10.2. The number of nitrogens with zero attached hydrogens (tertiary/aromatic N) is 3. The van der Waals surface area contributed by atoms with Crippen LogP contribution in [0.5, 0.6) is 5.88 Å². The number of alkyl carbamates (subject to hydrolysis) is 1. The van der Waals surface area contributed by atoms with E-state index < -0.39 is 81.0 Å². The molecule has 1 aromatic carbocycles. The molecule has 1 aromatic heterocycles. The third kappa shape index (κ3) is 9.06. The molecule has 16 nitrogen and oxygen atoms in total. The number of methoxy groups -OCH3 is 1. The molecule has 3 N–H and O–H groups in total. The SMILES string of the molecule is COc1ccc(S(=O)(=O)NC(=O)[C@@]23C[C@H]2C=CCCCCC[C@H](NC(=O)OC(C)(C)C)C(=O)N2C[C@H](OC(=O)N4Cc5cccc(F)c5C4)C[C@H]2C(=O)N3)cn1. The van der Waals surface area contributed by atoms with Crippen molar-refractivity contribution in [3.05, 3.63) is 65.6 Å². The Balaban J connectivity index is 1.26. The summed E-state index contributed by atoms with van der Waals surface area (Å²) in [6.07, 6.45) is 4.77. The molecule has 6 rings (SSSR count). The molecule has 18 heteroatoms. The number of rotatable bonds is 6. The van der Waals surface area contributed by atoms with E-state index in [1.165, 1.54) is 35.1 Å². The monoisotopic (exact) mass is 798 g/mol. The van der Waals surface area contributed by atoms with Crippen molar-refractivity contribution in [1.29, 1.82) is 0 Å². The van der Waals surface area contributed by atoms with E-state index in [2.05, 4.69) is 20.3 Å². The van der Waals surface area contributed by atoms with Gasteiger partial charge in [0.2, 0.25) is 17.7 Å². The first-order valence-corrected chi connectivity index (χ1v) is 20.1. The Morgan fingerprint density at radius 3 is 2.55 bits per heavy atom. The number of pyridine rings is 1. The molecule has 3 aliphatic heterocycles. The average molecular weight is 799 g/mol. The minimum atomic E-state index is -4.44. The number of aromatic nitrogens is 1. The fraction of sp³-hybridized carbons (Fsp3) is 0.526. The van der Waals surface area contributed by atoms with Crippen molar-refractivity contribution in [3.8, 4) is 5.88 Å². The largest absolute Gasteiger partial charge is 0.481 e. The Bertz CT molecular complexity index is 2010. The third-order valence-corrected chi connectivity index (χ3v) is 11.6. The fourth-order valence-corrected chi connectivity index (χ4v) is 8.24. The number of benzene rings is 1. The van der Waals surface area contributed by atoms with Gasteiger partial charge in [-0.1, -0.05) is 37.1 Å². The molecular formula is C38H47FN6O10S. The molecule has 5 atom stereocenters. The van der Waals surface area contributed by atoms with Gasteiger partial charge in [-0.3, -0.25) is 19.3 Å². The van der Waals surface area contributed by atoms with E-state index >= 15 is 0 Å². The number of carbonyl (C=O) groups is 5. The molecule has 1 saturated heterocycles. The standard InChI is InChI=1S/C38H47FN6O10S/c1-37(2,3)55-35(49)41-29-14-9-7-5-6-8-12-24-18-38(24,34(48)43-56(51,52)26-15-16-31(53-4)40-19-26)42-32(46)30-17-25(21-45(30)33(29)47)54-36(50)44-20-23-11-10-13-28(39)27(23)22-44/h8,10-13,15-16,19,24-25,29-30H,5-7,9,14,17-18,20-22H2,1-4H3,(H,41,49)(H,42,46)(H,43,48)/t24-,25-,29+,30+,38-/m1/s1. The first-order chi connectivity index (χ1) is 26.5. The maximum atomic E-state index is 14.5. The Morgan fingerprint density at radius 2 is 1.86 bits per heavy atom. The van der Waals surface area contributed by atoms with Crippen molar-refractivity contribution < 1.29 is 51.0 Å². The van der Waals surface area contributed by atoms with Crippen molar-refractivity contribution in [2.45, 2.75) is 113 Å². The van der Waals surface area contributed by atoms with E-state index in [1.54, 1.807) is 39.0 Å². The van der Waals surface area contributed by atoms with Crippen LogP contribution in [0.1, 0.15) is 76.8 Å². The van der Waals surface area contributed by atoms with Crippen LogP contribution in [0.25, 0.3) is 0 Å². The fourth-order valence-electron chi connectivity index (χ4n) is 7.26. The average Bonchev–Trinajstić information content (AvgIpc) is 3.42. The molecule has 4 heterocycles. The lowest BCUT2D eigenvalue weighted by atomic mass is 10.0. The first kappa shape index (κ1) is 40.4. The summed E-state index contributed by atoms with van der Waals surface area (Å²) >= 11 is 0. The Kier molecular flexibility index (Phi) is 11.6. The van der Waals surface area contributed by atoms with Gasteiger partial charge in [-0.15, -0.1) is 0 Å². The summed E-state index contributed by atoms with van der Waals surface area (Å²) in [6, 6.07) is 4.72. The summed E-state index contributed by atoms with van der Waals surface area (Å²) in [5.41, 5.74) is -1.55. The number of nitrogens with one attached hydrogen (secondary N) is 3. The molecule has 5 amide bonds. The lowest BCUT2D eigenvalue weighted by molar-refractivity contribution is -0.141. The highest BCUT2D eigenvalue weighted by atomic mass is 32.2. The zero-order valence-electron chi connectivity index (χ0n) is 31.7. The minimum absolute atomic E-state index is 0.0238. The maximum absolute atomic E-state index is 14.5. The van der Waals surface area contributed by atoms with E-state index in [9.17, 15) is 36.8 Å². The summed E-state index contributed by atoms with van der Waals surface area (Å²) in [4.78, 5) is 75.1. The van der Waals surface area contributed by atoms with Crippen molar-refractivity contribution in [1.82, 2.24) is 30.1 Å². The molecule has 1 aliphatic carbocycles. The Morgan fingerprint density at radius 1 is 1.07 bits per heavy atom. The second-order valence-corrected chi connectivity index (χ2v) is 17.2. The molecule has 2 fully saturated rings. The van der Waals surface area contributed by atoms with Gasteiger partial charge in [-0.25, -0.2) is 32.1 Å². The van der Waals surface area contributed by atoms with Crippen LogP contribution in [-0.2, 0) is 47.0 Å². The topological polar surface area (TPSA) is 203 Å². The van der Waals surface area contributed by atoms with E-state index in [4.69, 9.17) is 14.2 Å². The normalized spacial score (nSPS) is 25.4. The summed E-state index contributed by atoms with van der Waals surface area (Å²) in [6.45, 7) is 4.90. The highest BCUT2D eigenvalue weighted by Crippen LogP contribution is 2.46. The lowest BCUT2D eigenvalue weighted by Crippen LogP contribution is -2.58. The Labute approximate surface area is 324 Å². The van der Waals surface area contributed by atoms with Crippen LogP contribution in [0.15, 0.2) is 53.6 Å². The van der Waals surface area contributed by atoms with Crippen LogP contribution in [-0.4, -0.2) is 96.1 Å². The molecule has 0 unspecified atom stereocenters. The van der Waals surface area contributed by atoms with Crippen LogP contribution in [0.3, 0.4) is 0 Å². The summed E-state index contributed by atoms with van der Waals surface area (Å²) < 4.78 is 59.4. The lowest BCUT2D eigenvalue weighted by Gasteiger charge is -2.30. The van der Waals surface area contributed by atoms with E-state index in [0.29, 0.717) is 30.4 Å². The summed E-state index contributed by atoms with van der Waals surface area (Å²) in [5.74, 6) is -3.25. The van der Waals surface area contributed by atoms with Gasteiger partial charge >= 0.3 is 12.2 Å². The molecule has 4 aliphatic rings. The second kappa shape index (κ2) is 16.1. The van der Waals surface area contributed by atoms with E-state index in [0.717, 1.165) is 12.6 Å². The molecular weight excluding hydrogens is 752 g/mol. The number of sulfonamides is 1. The van der Waals surface area contributed by atoms with Gasteiger partial charge < -0.3 is 29.7 Å². The van der Waals surface area contributed by atoms with Crippen molar-refractivity contribution in [2.75, 3.05) is 13.7 Å². The number of fused-ring (bicyclic) bond motifs is 3. The summed E-state index contributed by atoms with van der Waals surface area (Å²) in [7, 11) is -3.07. The molecule has 56 heavy (non-hydrogen) atoms. The number of hydrogen-bond acceptors (Lipinski definition) is 11. The van der Waals surface area contributed by atoms with Crippen molar-refractivity contribution in [2.24, 2.45) is 5.92 Å². The van der Waals surface area contributed by atoms with Crippen molar-refractivity contribution in [3.63, 3.8) is 0 Å². The first-order valence-electron chi connectivity index (χ1n) is 18.6. The van der Waals surface area contributed by atoms with Gasteiger partial charge in [-0.05, 0) is 64.2 Å². The quantitative estimate of drug-likeness (QED) is 0.362. The molecule has 0 radical (unpaired) electrons. The molecule has 0 spiro atoms. The van der Waals surface area contributed by atoms with Gasteiger partial charge in [0.15, 0.2) is 0 Å². The zero-order valence-corrected chi connectivity index (χ0v) is 32.5. The van der Waals surface area contributed by atoms with Gasteiger partial charge in [0.25, 0.3) is 15.9 Å². The number of ether oxygens (including phenoxy) is 3. The molecule has 2 aromatic rings. The highest BCUT2D eigenvalue weighted by Gasteiger charge is 2.62. The highest BCUT2D eigenvalue weighted by molar-refractivity contribution is 7.90. The van der Waals surface area contributed by atoms with Gasteiger partial charge in [-0.2, -0.15) is 0 Å². The number of hydrogen-bond donors (Lipinski definition) is 3. The number of halogens is 1. The van der Waals surface area contributed by atoms with Gasteiger partial charge in [0, 0.05) is 30.5 Å². The number of carbonyl (C=O) groups excluding carboxylic acids is 5. The molecule has 302 valence electrons. The smallest absolute Gasteiger partial charge is 0.410 e. The molecule has 1 saturated carbocycles. The predicted octanol–water partition coefficient (Wildman–Crippen LogP) is 3.44. The Hall–Kier alpha value is -5.26. The maximum Gasteiger partial charge on any atom is 0.410 e. The van der Waals surface area contributed by atoms with Crippen LogP contribution >= 0.6 is 0 Å². The van der Waals surface area contributed by atoms with Crippen LogP contribution < -0.4 is 20.1 Å². The van der Waals surface area contributed by atoms with Crippen LogP contribution in [0, 0.1) is 11.7 Å². The van der Waals surface area contributed by atoms with Crippen molar-refractivity contribution >= 4 is 39.9 Å².